The molecule has 4 nitrogen and oxygen atoms in total. The van der Waals surface area contributed by atoms with Gasteiger partial charge in [-0.25, -0.2) is 8.42 Å². The van der Waals surface area contributed by atoms with Gasteiger partial charge in [0.05, 0.1) is 21.2 Å². The van der Waals surface area contributed by atoms with E-state index in [2.05, 4.69) is 5.32 Å². The molecule has 6 heteroatoms. The van der Waals surface area contributed by atoms with Crippen molar-refractivity contribution in [3.05, 3.63) is 93.4 Å². The van der Waals surface area contributed by atoms with E-state index in [1.54, 1.807) is 18.2 Å². The lowest BCUT2D eigenvalue weighted by Gasteiger charge is -2.20. The van der Waals surface area contributed by atoms with E-state index in [9.17, 15) is 13.2 Å². The van der Waals surface area contributed by atoms with Gasteiger partial charge < -0.3 is 5.32 Å². The summed E-state index contributed by atoms with van der Waals surface area (Å²) < 4.78 is 26.2. The van der Waals surface area contributed by atoms with Crippen molar-refractivity contribution in [1.29, 1.82) is 0 Å². The summed E-state index contributed by atoms with van der Waals surface area (Å²) in [5.74, 6) is -0.299. The Morgan fingerprint density at radius 2 is 1.61 bits per heavy atom. The number of benzene rings is 3. The van der Waals surface area contributed by atoms with E-state index < -0.39 is 9.84 Å². The molecule has 0 radical (unpaired) electrons. The second kappa shape index (κ2) is 8.36. The number of amides is 1. The molecule has 3 aromatic rings. The van der Waals surface area contributed by atoms with Crippen LogP contribution in [0.5, 0.6) is 0 Å². The highest BCUT2D eigenvalue weighted by Gasteiger charge is 2.24. The van der Waals surface area contributed by atoms with Crippen LogP contribution < -0.4 is 5.32 Å². The molecular weight excluding hydrogens is 426 g/mol. The largest absolute Gasteiger partial charge is 0.320 e. The molecule has 0 bridgehead atoms. The van der Waals surface area contributed by atoms with Crippen LogP contribution in [-0.4, -0.2) is 14.3 Å². The minimum absolute atomic E-state index is 0.0655. The van der Waals surface area contributed by atoms with Crippen molar-refractivity contribution in [3.8, 4) is 0 Å². The predicted octanol–water partition coefficient (Wildman–Crippen LogP) is 5.67. The Kier molecular flexibility index (Phi) is 5.77. The van der Waals surface area contributed by atoms with Crippen LogP contribution in [0.25, 0.3) is 6.08 Å². The van der Waals surface area contributed by atoms with E-state index in [1.165, 1.54) is 11.8 Å². The number of rotatable bonds is 4. The molecule has 3 aromatic carbocycles. The Morgan fingerprint density at radius 1 is 0.935 bits per heavy atom. The Labute approximate surface area is 187 Å². The molecule has 0 saturated heterocycles. The lowest BCUT2D eigenvalue weighted by Crippen LogP contribution is -2.18. The maximum absolute atomic E-state index is 13.1. The summed E-state index contributed by atoms with van der Waals surface area (Å²) in [5, 5.41) is 2.85. The van der Waals surface area contributed by atoms with Crippen molar-refractivity contribution in [2.24, 2.45) is 0 Å². The van der Waals surface area contributed by atoms with E-state index in [4.69, 9.17) is 0 Å². The molecule has 158 valence electrons. The number of hydrogen-bond acceptors (Lipinski definition) is 4. The molecule has 0 unspecified atom stereocenters. The second-order valence-electron chi connectivity index (χ2n) is 7.76. The molecule has 0 aliphatic carbocycles. The van der Waals surface area contributed by atoms with Gasteiger partial charge in [0, 0.05) is 4.90 Å². The minimum Gasteiger partial charge on any atom is -0.320 e. The van der Waals surface area contributed by atoms with Gasteiger partial charge in [-0.2, -0.15) is 0 Å². The molecule has 1 aliphatic rings. The highest BCUT2D eigenvalue weighted by Crippen LogP contribution is 2.40. The molecule has 1 aliphatic heterocycles. The zero-order valence-corrected chi connectivity index (χ0v) is 19.2. The smallest absolute Gasteiger partial charge is 0.262 e. The van der Waals surface area contributed by atoms with E-state index in [1.807, 2.05) is 69.3 Å². The Morgan fingerprint density at radius 3 is 2.29 bits per heavy atom. The van der Waals surface area contributed by atoms with Crippen LogP contribution in [0.15, 0.2) is 75.4 Å². The van der Waals surface area contributed by atoms with Crippen LogP contribution in [0, 0.1) is 20.8 Å². The van der Waals surface area contributed by atoms with Gasteiger partial charge in [-0.3, -0.25) is 4.79 Å². The first-order valence-corrected chi connectivity index (χ1v) is 12.4. The number of carbonyl (C=O) groups excluding carboxylic acids is 1. The van der Waals surface area contributed by atoms with Crippen molar-refractivity contribution in [3.63, 3.8) is 0 Å². The number of thioether (sulfide) groups is 1. The zero-order chi connectivity index (χ0) is 22.2. The van der Waals surface area contributed by atoms with E-state index >= 15 is 0 Å². The van der Waals surface area contributed by atoms with Crippen LogP contribution in [0.3, 0.4) is 0 Å². The molecule has 1 heterocycles. The average molecular weight is 450 g/mol. The number of aryl methyl sites for hydroxylation is 3. The topological polar surface area (TPSA) is 63.2 Å². The molecular formula is C25H23NO3S2. The third kappa shape index (κ3) is 4.60. The normalized spacial score (nSPS) is 14.9. The van der Waals surface area contributed by atoms with Crippen LogP contribution >= 0.6 is 11.8 Å². The fourth-order valence-corrected chi connectivity index (χ4v) is 6.00. The number of sulfone groups is 1. The summed E-state index contributed by atoms with van der Waals surface area (Å²) in [6.07, 6.45) is 1.84. The third-order valence-electron chi connectivity index (χ3n) is 5.36. The average Bonchev–Trinajstić information content (AvgIpc) is 2.72. The maximum atomic E-state index is 13.1. The molecule has 0 spiro atoms. The van der Waals surface area contributed by atoms with E-state index in [0.29, 0.717) is 10.6 Å². The first-order chi connectivity index (χ1) is 14.7. The van der Waals surface area contributed by atoms with E-state index in [-0.39, 0.29) is 16.6 Å². The van der Waals surface area contributed by atoms with Gasteiger partial charge in [0.15, 0.2) is 9.84 Å². The maximum Gasteiger partial charge on any atom is 0.262 e. The number of nitrogens with one attached hydrogen (secondary N) is 1. The number of hydrogen-bond donors (Lipinski definition) is 1. The van der Waals surface area contributed by atoms with Gasteiger partial charge in [-0.05, 0) is 67.3 Å². The summed E-state index contributed by atoms with van der Waals surface area (Å²) in [7, 11) is -3.55. The third-order valence-corrected chi connectivity index (χ3v) is 8.10. The summed E-state index contributed by atoms with van der Waals surface area (Å²) in [6, 6.07) is 18.6. The number of carbonyl (C=O) groups is 1. The first-order valence-electron chi connectivity index (χ1n) is 9.92. The van der Waals surface area contributed by atoms with Gasteiger partial charge in [0.25, 0.3) is 5.91 Å². The standard InChI is InChI=1S/C25H23NO3S2/c1-16-7-9-19(10-8-16)13-24-25(27)26-22-14-20(11-12-23(22)30-24)31(28,29)15-21-17(2)5-4-6-18(21)3/h4-14H,15H2,1-3H3,(H,26,27)/b24-13+. The van der Waals surface area contributed by atoms with Crippen molar-refractivity contribution < 1.29 is 13.2 Å². The van der Waals surface area contributed by atoms with Crippen molar-refractivity contribution in [2.45, 2.75) is 36.3 Å². The van der Waals surface area contributed by atoms with Crippen LogP contribution in [0.2, 0.25) is 0 Å². The summed E-state index contributed by atoms with van der Waals surface area (Å²) in [4.78, 5) is 14.2. The Balaban J connectivity index is 1.62. The van der Waals surface area contributed by atoms with Gasteiger partial charge in [-0.15, -0.1) is 0 Å². The molecule has 31 heavy (non-hydrogen) atoms. The van der Waals surface area contributed by atoms with Gasteiger partial charge in [0.1, 0.15) is 0 Å². The van der Waals surface area contributed by atoms with Crippen molar-refractivity contribution in [1.82, 2.24) is 0 Å². The van der Waals surface area contributed by atoms with Gasteiger partial charge in [0.2, 0.25) is 0 Å². The van der Waals surface area contributed by atoms with Gasteiger partial charge >= 0.3 is 0 Å². The lowest BCUT2D eigenvalue weighted by atomic mass is 10.1. The zero-order valence-electron chi connectivity index (χ0n) is 17.6. The highest BCUT2D eigenvalue weighted by atomic mass is 32.2. The Hall–Kier alpha value is -2.83. The summed E-state index contributed by atoms with van der Waals surface area (Å²) in [5.41, 5.74) is 5.36. The molecule has 4 rings (SSSR count). The minimum atomic E-state index is -3.55. The molecule has 1 amide bonds. The fraction of sp³-hybridized carbons (Fsp3) is 0.160. The summed E-state index contributed by atoms with van der Waals surface area (Å²) in [6.45, 7) is 5.86. The first kappa shape index (κ1) is 21.4. The SMILES string of the molecule is Cc1ccc(/C=C2/Sc3ccc(S(=O)(=O)Cc4c(C)cccc4C)cc3NC2=O)cc1. The molecule has 0 aromatic heterocycles. The van der Waals surface area contributed by atoms with Gasteiger partial charge in [-0.1, -0.05) is 59.8 Å². The molecule has 1 N–H and O–H groups in total. The second-order valence-corrected chi connectivity index (χ2v) is 10.8. The van der Waals surface area contributed by atoms with Crippen molar-refractivity contribution in [2.75, 3.05) is 5.32 Å². The van der Waals surface area contributed by atoms with Crippen molar-refractivity contribution >= 4 is 39.3 Å². The van der Waals surface area contributed by atoms with Crippen LogP contribution in [0.4, 0.5) is 5.69 Å². The Bertz CT molecular complexity index is 1290. The molecule has 0 saturated carbocycles. The molecule has 0 fully saturated rings. The predicted molar refractivity (Wildman–Crippen MR) is 127 cm³/mol. The lowest BCUT2D eigenvalue weighted by molar-refractivity contribution is -0.112. The van der Waals surface area contributed by atoms with E-state index in [0.717, 1.165) is 32.7 Å². The van der Waals surface area contributed by atoms with Crippen LogP contribution in [-0.2, 0) is 20.4 Å². The quantitative estimate of drug-likeness (QED) is 0.521. The molecule has 0 atom stereocenters. The summed E-state index contributed by atoms with van der Waals surface area (Å²) >= 11 is 1.35. The fourth-order valence-electron chi connectivity index (χ4n) is 3.50. The van der Waals surface area contributed by atoms with Crippen LogP contribution in [0.1, 0.15) is 27.8 Å². The highest BCUT2D eigenvalue weighted by molar-refractivity contribution is 8.04. The number of fused-ring (bicyclic) bond motifs is 1. The monoisotopic (exact) mass is 449 g/mol. The number of anilines is 1.